The number of hydrogen-bond acceptors (Lipinski definition) is 7. The van der Waals surface area contributed by atoms with E-state index < -0.39 is 18.2 Å². The maximum Gasteiger partial charge on any atom is 0.236 e. The molecule has 0 saturated heterocycles. The molecule has 0 aromatic heterocycles. The number of carbonyl (C=O) groups excluding carboxylic acids is 2. The average Bonchev–Trinajstić information content (AvgIpc) is 3.06. The van der Waals surface area contributed by atoms with Crippen LogP contribution in [0.3, 0.4) is 0 Å². The molecule has 0 aliphatic rings. The molecule has 0 heterocycles. The van der Waals surface area contributed by atoms with E-state index in [-0.39, 0.29) is 40.3 Å². The molecule has 2 aromatic rings. The summed E-state index contributed by atoms with van der Waals surface area (Å²) in [6, 6.07) is 9.76. The molecular weight excluding hydrogens is 575 g/mol. The van der Waals surface area contributed by atoms with Crippen molar-refractivity contribution in [3.63, 3.8) is 0 Å². The molecule has 246 valence electrons. The first-order valence-corrected chi connectivity index (χ1v) is 18.4. The first-order valence-electron chi connectivity index (χ1n) is 16.5. The summed E-state index contributed by atoms with van der Waals surface area (Å²) in [6.45, 7) is 2.26. The molecule has 0 saturated carbocycles. The van der Waals surface area contributed by atoms with E-state index in [1.807, 2.05) is 0 Å². The number of benzene rings is 2. The summed E-state index contributed by atoms with van der Waals surface area (Å²) in [5, 5.41) is 0. The van der Waals surface area contributed by atoms with Gasteiger partial charge in [-0.2, -0.15) is 0 Å². The van der Waals surface area contributed by atoms with Crippen LogP contribution in [-0.2, 0) is 4.57 Å². The Balaban J connectivity index is 2.00. The van der Waals surface area contributed by atoms with Gasteiger partial charge in [-0.3, -0.25) is 9.59 Å². The molecule has 0 radical (unpaired) electrons. The predicted molar refractivity (Wildman–Crippen MR) is 180 cm³/mol. The lowest BCUT2D eigenvalue weighted by Gasteiger charge is -2.21. The van der Waals surface area contributed by atoms with Crippen LogP contribution in [0.4, 0.5) is 0 Å². The van der Waals surface area contributed by atoms with Gasteiger partial charge in [0.2, 0.25) is 18.2 Å². The van der Waals surface area contributed by atoms with Crippen molar-refractivity contribution in [1.29, 1.82) is 0 Å². The Morgan fingerprint density at radius 1 is 0.500 bits per heavy atom. The van der Waals surface area contributed by atoms with Gasteiger partial charge in [0.05, 0.1) is 28.4 Å². The van der Waals surface area contributed by atoms with Gasteiger partial charge in [0, 0.05) is 6.16 Å². The van der Waals surface area contributed by atoms with Crippen LogP contribution >= 0.6 is 7.14 Å². The molecule has 0 spiro atoms. The molecule has 7 nitrogen and oxygen atoms in total. The molecule has 2 rings (SSSR count). The number of rotatable bonds is 25. The highest BCUT2D eigenvalue weighted by atomic mass is 31.2. The van der Waals surface area contributed by atoms with Crippen molar-refractivity contribution in [2.45, 2.75) is 110 Å². The summed E-state index contributed by atoms with van der Waals surface area (Å²) in [5.41, 5.74) is -1.52. The molecule has 0 bridgehead atoms. The van der Waals surface area contributed by atoms with Gasteiger partial charge >= 0.3 is 0 Å². The lowest BCUT2D eigenvalue weighted by Crippen LogP contribution is -2.17. The van der Waals surface area contributed by atoms with E-state index in [0.717, 1.165) is 19.3 Å². The fourth-order valence-electron chi connectivity index (χ4n) is 5.66. The Hall–Kier alpha value is -2.79. The first kappa shape index (κ1) is 37.4. The van der Waals surface area contributed by atoms with Crippen LogP contribution in [0.5, 0.6) is 23.0 Å². The highest BCUT2D eigenvalue weighted by Crippen LogP contribution is 2.57. The minimum absolute atomic E-state index is 0.0135. The zero-order chi connectivity index (χ0) is 32.2. The second kappa shape index (κ2) is 21.0. The molecule has 8 heteroatoms. The second-order valence-electron chi connectivity index (χ2n) is 11.5. The molecule has 0 aliphatic heterocycles. The van der Waals surface area contributed by atoms with E-state index in [9.17, 15) is 14.2 Å². The van der Waals surface area contributed by atoms with Crippen molar-refractivity contribution in [3.05, 3.63) is 47.5 Å². The van der Waals surface area contributed by atoms with Crippen LogP contribution < -0.4 is 18.9 Å². The summed E-state index contributed by atoms with van der Waals surface area (Å²) in [5.74, 6) is 0.838. The van der Waals surface area contributed by atoms with E-state index in [4.69, 9.17) is 18.9 Å². The number of methoxy groups -OCH3 is 4. The molecular formula is C36H55O7P. The second-order valence-corrected chi connectivity index (χ2v) is 14.2. The van der Waals surface area contributed by atoms with Crippen LogP contribution in [0.1, 0.15) is 130 Å². The van der Waals surface area contributed by atoms with Gasteiger partial charge in [0.1, 0.15) is 34.1 Å². The summed E-state index contributed by atoms with van der Waals surface area (Å²) < 4.78 is 36.4. The highest BCUT2D eigenvalue weighted by molar-refractivity contribution is 7.95. The van der Waals surface area contributed by atoms with Gasteiger partial charge in [-0.05, 0) is 30.7 Å². The third kappa shape index (κ3) is 11.0. The van der Waals surface area contributed by atoms with E-state index in [2.05, 4.69) is 6.92 Å². The maximum atomic E-state index is 14.7. The monoisotopic (exact) mass is 630 g/mol. The summed E-state index contributed by atoms with van der Waals surface area (Å²) in [6.07, 6.45) is 19.1. The number of carbonyl (C=O) groups is 2. The van der Waals surface area contributed by atoms with Crippen LogP contribution in [0, 0.1) is 0 Å². The van der Waals surface area contributed by atoms with Gasteiger partial charge in [-0.1, -0.05) is 115 Å². The van der Waals surface area contributed by atoms with Crippen molar-refractivity contribution in [2.24, 2.45) is 0 Å². The number of unbranched alkanes of at least 4 members (excludes halogenated alkanes) is 15. The lowest BCUT2D eigenvalue weighted by atomic mass is 10.0. The molecule has 0 aliphatic carbocycles. The standard InChI is InChI=1S/C36H55O7P/c1-6-7-8-9-10-11-12-13-14-15-16-17-18-19-20-21-28-44(39,35(37)33-29(40-2)24-22-25-30(33)41-3)36(38)34-31(42-4)26-23-27-32(34)43-5/h22-27H,6-21,28H2,1-5H3. The molecule has 0 fully saturated rings. The fourth-order valence-corrected chi connectivity index (χ4v) is 8.09. The van der Waals surface area contributed by atoms with Crippen molar-refractivity contribution >= 4 is 18.2 Å². The van der Waals surface area contributed by atoms with E-state index in [1.54, 1.807) is 36.4 Å². The third-order valence-electron chi connectivity index (χ3n) is 8.27. The van der Waals surface area contributed by atoms with E-state index >= 15 is 0 Å². The molecule has 0 unspecified atom stereocenters. The molecule has 0 amide bonds. The highest BCUT2D eigenvalue weighted by Gasteiger charge is 2.45. The lowest BCUT2D eigenvalue weighted by molar-refractivity contribution is 0.103. The van der Waals surface area contributed by atoms with Crippen LogP contribution in [0.2, 0.25) is 0 Å². The van der Waals surface area contributed by atoms with Crippen molar-refractivity contribution in [1.82, 2.24) is 0 Å². The molecule has 44 heavy (non-hydrogen) atoms. The van der Waals surface area contributed by atoms with Crippen molar-refractivity contribution in [2.75, 3.05) is 34.6 Å². The molecule has 0 atom stereocenters. The SMILES string of the molecule is CCCCCCCCCCCCCCCCCCP(=O)(C(=O)c1c(OC)cccc1OC)C(=O)c1c(OC)cccc1OC. The topological polar surface area (TPSA) is 88.1 Å². The Kier molecular flexibility index (Phi) is 17.9. The van der Waals surface area contributed by atoms with Gasteiger partial charge in [0.15, 0.2) is 0 Å². The normalized spacial score (nSPS) is 11.3. The van der Waals surface area contributed by atoms with Gasteiger partial charge in [-0.15, -0.1) is 0 Å². The Morgan fingerprint density at radius 3 is 1.05 bits per heavy atom. The maximum absolute atomic E-state index is 14.7. The minimum atomic E-state index is -4.19. The first-order chi connectivity index (χ1) is 21.4. The fraction of sp³-hybridized carbons (Fsp3) is 0.611. The predicted octanol–water partition coefficient (Wildman–Crippen LogP) is 10.3. The summed E-state index contributed by atoms with van der Waals surface area (Å²) >= 11 is 0. The van der Waals surface area contributed by atoms with E-state index in [1.165, 1.54) is 105 Å². The quantitative estimate of drug-likeness (QED) is 0.0796. The largest absolute Gasteiger partial charge is 0.496 e. The minimum Gasteiger partial charge on any atom is -0.496 e. The molecule has 2 aromatic carbocycles. The van der Waals surface area contributed by atoms with Crippen LogP contribution in [-0.4, -0.2) is 45.6 Å². The Labute approximate surface area is 265 Å². The smallest absolute Gasteiger partial charge is 0.236 e. The Bertz CT molecular complexity index is 1080. The van der Waals surface area contributed by atoms with Gasteiger partial charge in [-0.25, -0.2) is 0 Å². The van der Waals surface area contributed by atoms with Gasteiger partial charge in [0.25, 0.3) is 0 Å². The van der Waals surface area contributed by atoms with E-state index in [0.29, 0.717) is 6.42 Å². The third-order valence-corrected chi connectivity index (χ3v) is 11.0. The van der Waals surface area contributed by atoms with Crippen LogP contribution in [0.25, 0.3) is 0 Å². The number of ether oxygens (including phenoxy) is 4. The zero-order valence-electron chi connectivity index (χ0n) is 27.8. The summed E-state index contributed by atoms with van der Waals surface area (Å²) in [7, 11) is 1.52. The summed E-state index contributed by atoms with van der Waals surface area (Å²) in [4.78, 5) is 28.2. The Morgan fingerprint density at radius 2 is 0.773 bits per heavy atom. The van der Waals surface area contributed by atoms with Crippen molar-refractivity contribution < 1.29 is 33.1 Å². The van der Waals surface area contributed by atoms with Crippen molar-refractivity contribution in [3.8, 4) is 23.0 Å². The zero-order valence-corrected chi connectivity index (χ0v) is 28.7. The van der Waals surface area contributed by atoms with Crippen LogP contribution in [0.15, 0.2) is 36.4 Å². The van der Waals surface area contributed by atoms with Gasteiger partial charge < -0.3 is 23.5 Å². The molecule has 0 N–H and O–H groups in total. The number of hydrogen-bond donors (Lipinski definition) is 0. The average molecular weight is 631 g/mol.